The lowest BCUT2D eigenvalue weighted by atomic mass is 9.90. The summed E-state index contributed by atoms with van der Waals surface area (Å²) < 4.78 is 23.2. The van der Waals surface area contributed by atoms with Gasteiger partial charge < -0.3 is 29.4 Å². The zero-order chi connectivity index (χ0) is 25.0. The Labute approximate surface area is 207 Å². The van der Waals surface area contributed by atoms with Crippen LogP contribution in [0.4, 0.5) is 5.69 Å². The van der Waals surface area contributed by atoms with Crippen molar-refractivity contribution in [2.45, 2.75) is 70.6 Å². The van der Waals surface area contributed by atoms with Gasteiger partial charge in [0.15, 0.2) is 5.54 Å². The molecule has 2 aromatic carbocycles. The first kappa shape index (κ1) is 25.3. The number of aliphatic carboxylic acids is 1. The zero-order valence-corrected chi connectivity index (χ0v) is 21.2. The zero-order valence-electron chi connectivity index (χ0n) is 21.2. The predicted octanol–water partition coefficient (Wildman–Crippen LogP) is 5.49. The molecule has 0 aromatic heterocycles. The molecule has 0 bridgehead atoms. The largest absolute Gasteiger partial charge is 0.496 e. The van der Waals surface area contributed by atoms with Gasteiger partial charge in [-0.1, -0.05) is 18.9 Å². The number of rotatable bonds is 9. The van der Waals surface area contributed by atoms with Crippen LogP contribution in [-0.4, -0.2) is 50.2 Å². The van der Waals surface area contributed by atoms with Crippen molar-refractivity contribution in [2.24, 2.45) is 0 Å². The second-order valence-corrected chi connectivity index (χ2v) is 9.67. The molecule has 0 spiro atoms. The lowest BCUT2D eigenvalue weighted by Crippen LogP contribution is -2.52. The molecule has 1 aliphatic heterocycles. The number of hydrogen-bond acceptors (Lipinski definition) is 6. The van der Waals surface area contributed by atoms with Gasteiger partial charge in [0.1, 0.15) is 11.5 Å². The predicted molar refractivity (Wildman–Crippen MR) is 136 cm³/mol. The highest BCUT2D eigenvalue weighted by atomic mass is 16.5. The Morgan fingerprint density at radius 2 is 1.86 bits per heavy atom. The average Bonchev–Trinajstić information content (AvgIpc) is 3.38. The highest BCUT2D eigenvalue weighted by Crippen LogP contribution is 2.41. The minimum atomic E-state index is -1.13. The molecule has 2 aliphatic rings. The number of carbonyl (C=O) groups is 1. The van der Waals surface area contributed by atoms with Crippen LogP contribution >= 0.6 is 0 Å². The Balaban J connectivity index is 1.75. The number of ether oxygens (including phenoxy) is 4. The Morgan fingerprint density at radius 1 is 1.09 bits per heavy atom. The highest BCUT2D eigenvalue weighted by Gasteiger charge is 2.40. The number of carboxylic acid groups (broad SMARTS) is 1. The summed E-state index contributed by atoms with van der Waals surface area (Å²) in [5.74, 6) is 0.666. The van der Waals surface area contributed by atoms with Crippen LogP contribution in [0.25, 0.3) is 11.1 Å². The van der Waals surface area contributed by atoms with E-state index in [4.69, 9.17) is 18.9 Å². The summed E-state index contributed by atoms with van der Waals surface area (Å²) in [7, 11) is 3.34. The molecule has 0 amide bonds. The third-order valence-electron chi connectivity index (χ3n) is 7.36. The summed E-state index contributed by atoms with van der Waals surface area (Å²) in [6.07, 6.45) is 6.05. The highest BCUT2D eigenvalue weighted by molar-refractivity contribution is 5.84. The lowest BCUT2D eigenvalue weighted by Gasteiger charge is -2.35. The third-order valence-corrected chi connectivity index (χ3v) is 7.36. The SMILES string of the molecule is COc1cc(-c2ccc(NC3(C(=O)O)CCCOC3)cc2COC2CCCC2)c(C)c(OC)c1C. The van der Waals surface area contributed by atoms with Crippen LogP contribution < -0.4 is 14.8 Å². The topological polar surface area (TPSA) is 86.3 Å². The van der Waals surface area contributed by atoms with Gasteiger partial charge in [0.2, 0.25) is 0 Å². The van der Waals surface area contributed by atoms with Gasteiger partial charge in [-0.05, 0) is 80.0 Å². The molecule has 1 saturated carbocycles. The summed E-state index contributed by atoms with van der Waals surface area (Å²) in [5, 5.41) is 13.3. The molecule has 7 nitrogen and oxygen atoms in total. The first-order chi connectivity index (χ1) is 16.9. The number of methoxy groups -OCH3 is 2. The molecule has 7 heteroatoms. The Bertz CT molecular complexity index is 1050. The van der Waals surface area contributed by atoms with Crippen LogP contribution in [0.5, 0.6) is 11.5 Å². The fraction of sp³-hybridized carbons (Fsp3) is 0.536. The number of benzene rings is 2. The van der Waals surface area contributed by atoms with Crippen molar-refractivity contribution in [3.63, 3.8) is 0 Å². The van der Waals surface area contributed by atoms with Gasteiger partial charge in [-0.15, -0.1) is 0 Å². The van der Waals surface area contributed by atoms with E-state index in [0.717, 1.165) is 57.8 Å². The Morgan fingerprint density at radius 3 is 2.49 bits per heavy atom. The fourth-order valence-corrected chi connectivity index (χ4v) is 5.37. The van der Waals surface area contributed by atoms with Crippen LogP contribution in [-0.2, 0) is 20.9 Å². The molecule has 35 heavy (non-hydrogen) atoms. The van der Waals surface area contributed by atoms with E-state index >= 15 is 0 Å². The van der Waals surface area contributed by atoms with E-state index in [1.54, 1.807) is 14.2 Å². The summed E-state index contributed by atoms with van der Waals surface area (Å²) in [5.41, 5.74) is 4.62. The van der Waals surface area contributed by atoms with E-state index in [-0.39, 0.29) is 12.7 Å². The molecule has 2 N–H and O–H groups in total. The van der Waals surface area contributed by atoms with Crippen LogP contribution in [0.15, 0.2) is 24.3 Å². The number of anilines is 1. The summed E-state index contributed by atoms with van der Waals surface area (Å²) in [6.45, 7) is 5.22. The minimum Gasteiger partial charge on any atom is -0.496 e. The molecule has 1 heterocycles. The van der Waals surface area contributed by atoms with Gasteiger partial charge in [0, 0.05) is 17.9 Å². The Kier molecular flexibility index (Phi) is 7.87. The second kappa shape index (κ2) is 10.9. The van der Waals surface area contributed by atoms with Crippen molar-refractivity contribution < 1.29 is 28.8 Å². The molecular weight excluding hydrogens is 446 g/mol. The first-order valence-corrected chi connectivity index (χ1v) is 12.4. The minimum absolute atomic E-state index is 0.142. The summed E-state index contributed by atoms with van der Waals surface area (Å²) in [4.78, 5) is 12.2. The van der Waals surface area contributed by atoms with Crippen LogP contribution in [0.2, 0.25) is 0 Å². The molecule has 1 saturated heterocycles. The third kappa shape index (κ3) is 5.26. The van der Waals surface area contributed by atoms with Gasteiger partial charge in [-0.2, -0.15) is 0 Å². The normalized spacial score (nSPS) is 20.6. The van der Waals surface area contributed by atoms with Gasteiger partial charge in [-0.25, -0.2) is 4.79 Å². The van der Waals surface area contributed by atoms with Gasteiger partial charge in [-0.3, -0.25) is 0 Å². The molecule has 4 rings (SSSR count). The van der Waals surface area contributed by atoms with Crippen molar-refractivity contribution in [2.75, 3.05) is 32.8 Å². The molecule has 190 valence electrons. The fourth-order valence-electron chi connectivity index (χ4n) is 5.37. The van der Waals surface area contributed by atoms with Crippen molar-refractivity contribution in [1.29, 1.82) is 0 Å². The van der Waals surface area contributed by atoms with E-state index in [9.17, 15) is 9.90 Å². The summed E-state index contributed by atoms with van der Waals surface area (Å²) >= 11 is 0. The maximum absolute atomic E-state index is 12.2. The monoisotopic (exact) mass is 483 g/mol. The van der Waals surface area contributed by atoms with E-state index in [0.29, 0.717) is 26.1 Å². The van der Waals surface area contributed by atoms with Crippen molar-refractivity contribution in [3.8, 4) is 22.6 Å². The van der Waals surface area contributed by atoms with Crippen molar-refractivity contribution in [3.05, 3.63) is 41.0 Å². The molecule has 1 atom stereocenters. The van der Waals surface area contributed by atoms with E-state index in [1.807, 2.05) is 38.1 Å². The van der Waals surface area contributed by atoms with Crippen molar-refractivity contribution >= 4 is 11.7 Å². The summed E-state index contributed by atoms with van der Waals surface area (Å²) in [6, 6.07) is 8.03. The number of carboxylic acids is 1. The number of nitrogens with one attached hydrogen (secondary N) is 1. The smallest absolute Gasteiger partial charge is 0.331 e. The molecule has 2 fully saturated rings. The lowest BCUT2D eigenvalue weighted by molar-refractivity contribution is -0.146. The maximum Gasteiger partial charge on any atom is 0.331 e. The van der Waals surface area contributed by atoms with E-state index in [1.165, 1.54) is 12.8 Å². The van der Waals surface area contributed by atoms with E-state index < -0.39 is 11.5 Å². The van der Waals surface area contributed by atoms with E-state index in [2.05, 4.69) is 5.32 Å². The van der Waals surface area contributed by atoms with Gasteiger partial charge in [0.25, 0.3) is 0 Å². The van der Waals surface area contributed by atoms with Gasteiger partial charge in [0.05, 0.1) is 33.5 Å². The molecular formula is C28H37NO6. The van der Waals surface area contributed by atoms with Crippen LogP contribution in [0, 0.1) is 13.8 Å². The molecule has 1 unspecified atom stereocenters. The average molecular weight is 484 g/mol. The quantitative estimate of drug-likeness (QED) is 0.488. The maximum atomic E-state index is 12.2. The molecule has 2 aromatic rings. The molecule has 1 aliphatic carbocycles. The second-order valence-electron chi connectivity index (χ2n) is 9.67. The number of hydrogen-bond donors (Lipinski definition) is 2. The Hall–Kier alpha value is -2.77. The van der Waals surface area contributed by atoms with Crippen LogP contribution in [0.1, 0.15) is 55.2 Å². The molecule has 0 radical (unpaired) electrons. The van der Waals surface area contributed by atoms with Gasteiger partial charge >= 0.3 is 5.97 Å². The first-order valence-electron chi connectivity index (χ1n) is 12.4. The van der Waals surface area contributed by atoms with Crippen molar-refractivity contribution in [1.82, 2.24) is 0 Å². The standard InChI is InChI=1S/C28H37NO6/c1-18-24(15-25(32-3)19(2)26(18)33-4)23-11-10-21(14-20(23)16-35-22-8-5-6-9-22)29-28(27(30)31)12-7-13-34-17-28/h10-11,14-15,22,29H,5-9,12-13,16-17H2,1-4H3,(H,30,31). The van der Waals surface area contributed by atoms with Crippen LogP contribution in [0.3, 0.4) is 0 Å².